The topological polar surface area (TPSA) is 40.6 Å². The van der Waals surface area contributed by atoms with E-state index in [9.17, 15) is 9.59 Å². The number of hydrogen-bond acceptors (Lipinski definition) is 2. The van der Waals surface area contributed by atoms with E-state index in [4.69, 9.17) is 0 Å². The highest BCUT2D eigenvalue weighted by Gasteiger charge is 2.19. The highest BCUT2D eigenvalue weighted by atomic mass is 16.2. The van der Waals surface area contributed by atoms with E-state index in [1.54, 1.807) is 4.90 Å². The maximum Gasteiger partial charge on any atom is 0.242 e. The van der Waals surface area contributed by atoms with Gasteiger partial charge in [-0.25, -0.2) is 0 Å². The number of carbonyl (C=O) groups excluding carboxylic acids is 2. The highest BCUT2D eigenvalue weighted by Crippen LogP contribution is 2.16. The fourth-order valence-electron chi connectivity index (χ4n) is 2.52. The molecule has 0 spiro atoms. The SMILES string of the molecule is CCN(Cc1ccccc1)C(=O)CN(C(C)=O)c1ccc(C)cc1. The average Bonchev–Trinajstić information content (AvgIpc) is 2.59. The Balaban J connectivity index is 2.11. The molecule has 4 heteroatoms. The standard InChI is InChI=1S/C20H24N2O2/c1-4-21(14-18-8-6-5-7-9-18)20(24)15-22(17(3)23)19-12-10-16(2)11-13-19/h5-13H,4,14-15H2,1-3H3. The van der Waals surface area contributed by atoms with E-state index < -0.39 is 0 Å². The Kier molecular flexibility index (Phi) is 6.13. The smallest absolute Gasteiger partial charge is 0.242 e. The molecule has 0 unspecified atom stereocenters. The normalized spacial score (nSPS) is 10.3. The fraction of sp³-hybridized carbons (Fsp3) is 0.300. The van der Waals surface area contributed by atoms with E-state index in [1.807, 2.05) is 68.4 Å². The lowest BCUT2D eigenvalue weighted by Crippen LogP contribution is -2.42. The third kappa shape index (κ3) is 4.69. The number of nitrogens with zero attached hydrogens (tertiary/aromatic N) is 2. The van der Waals surface area contributed by atoms with Crippen molar-refractivity contribution in [2.75, 3.05) is 18.0 Å². The monoisotopic (exact) mass is 324 g/mol. The van der Waals surface area contributed by atoms with Crippen LogP contribution in [0.2, 0.25) is 0 Å². The minimum absolute atomic E-state index is 0.0546. The molecular weight excluding hydrogens is 300 g/mol. The van der Waals surface area contributed by atoms with Crippen molar-refractivity contribution >= 4 is 17.5 Å². The average molecular weight is 324 g/mol. The molecule has 0 saturated carbocycles. The Hall–Kier alpha value is -2.62. The summed E-state index contributed by atoms with van der Waals surface area (Å²) in [5, 5.41) is 0. The molecule has 0 aliphatic carbocycles. The Labute approximate surface area is 143 Å². The van der Waals surface area contributed by atoms with E-state index in [2.05, 4.69) is 0 Å². The molecule has 2 rings (SSSR count). The van der Waals surface area contributed by atoms with Crippen LogP contribution < -0.4 is 4.90 Å². The lowest BCUT2D eigenvalue weighted by molar-refractivity contribution is -0.131. The van der Waals surface area contributed by atoms with E-state index in [0.29, 0.717) is 13.1 Å². The number of likely N-dealkylation sites (N-methyl/N-ethyl adjacent to an activating group) is 1. The molecule has 0 atom stereocenters. The van der Waals surface area contributed by atoms with Crippen molar-refractivity contribution in [2.45, 2.75) is 27.3 Å². The van der Waals surface area contributed by atoms with E-state index >= 15 is 0 Å². The molecule has 0 saturated heterocycles. The van der Waals surface area contributed by atoms with Gasteiger partial charge in [-0.1, -0.05) is 48.0 Å². The van der Waals surface area contributed by atoms with Gasteiger partial charge in [-0.15, -0.1) is 0 Å². The molecule has 0 fully saturated rings. The zero-order valence-corrected chi connectivity index (χ0v) is 14.5. The van der Waals surface area contributed by atoms with Crippen molar-refractivity contribution in [3.8, 4) is 0 Å². The Morgan fingerprint density at radius 2 is 1.58 bits per heavy atom. The van der Waals surface area contributed by atoms with E-state index in [-0.39, 0.29) is 18.4 Å². The number of aryl methyl sites for hydroxylation is 1. The summed E-state index contributed by atoms with van der Waals surface area (Å²) >= 11 is 0. The molecule has 0 aliphatic rings. The van der Waals surface area contributed by atoms with Gasteiger partial charge < -0.3 is 9.80 Å². The summed E-state index contributed by atoms with van der Waals surface area (Å²) in [4.78, 5) is 27.9. The molecule has 0 N–H and O–H groups in total. The van der Waals surface area contributed by atoms with Crippen LogP contribution in [0.15, 0.2) is 54.6 Å². The summed E-state index contributed by atoms with van der Waals surface area (Å²) in [5.41, 5.74) is 2.95. The van der Waals surface area contributed by atoms with Crippen molar-refractivity contribution in [3.05, 3.63) is 65.7 Å². The van der Waals surface area contributed by atoms with Crippen LogP contribution >= 0.6 is 0 Å². The molecule has 0 bridgehead atoms. The van der Waals surface area contributed by atoms with Crippen molar-refractivity contribution in [1.82, 2.24) is 4.90 Å². The third-order valence-electron chi connectivity index (χ3n) is 3.97. The third-order valence-corrected chi connectivity index (χ3v) is 3.97. The van der Waals surface area contributed by atoms with Crippen LogP contribution in [0.1, 0.15) is 25.0 Å². The fourth-order valence-corrected chi connectivity index (χ4v) is 2.52. The largest absolute Gasteiger partial charge is 0.337 e. The molecule has 24 heavy (non-hydrogen) atoms. The summed E-state index contributed by atoms with van der Waals surface area (Å²) < 4.78 is 0. The molecule has 0 aromatic heterocycles. The second kappa shape index (κ2) is 8.29. The number of hydrogen-bond donors (Lipinski definition) is 0. The Morgan fingerprint density at radius 1 is 0.958 bits per heavy atom. The second-order valence-corrected chi connectivity index (χ2v) is 5.83. The number of benzene rings is 2. The molecule has 2 amide bonds. The summed E-state index contributed by atoms with van der Waals surface area (Å²) in [6.45, 7) is 6.64. The first-order valence-corrected chi connectivity index (χ1v) is 8.17. The number of carbonyl (C=O) groups is 2. The van der Waals surface area contributed by atoms with Crippen molar-refractivity contribution in [3.63, 3.8) is 0 Å². The maximum absolute atomic E-state index is 12.7. The zero-order valence-electron chi connectivity index (χ0n) is 14.5. The van der Waals surface area contributed by atoms with Crippen LogP contribution in [0.3, 0.4) is 0 Å². The van der Waals surface area contributed by atoms with Gasteiger partial charge >= 0.3 is 0 Å². The molecule has 126 valence electrons. The maximum atomic E-state index is 12.7. The lowest BCUT2D eigenvalue weighted by Gasteiger charge is -2.26. The summed E-state index contributed by atoms with van der Waals surface area (Å²) in [5.74, 6) is -0.194. The molecule has 0 aliphatic heterocycles. The van der Waals surface area contributed by atoms with Gasteiger partial charge in [0.15, 0.2) is 0 Å². The Bertz CT molecular complexity index is 681. The number of rotatable bonds is 6. The molecule has 2 aromatic carbocycles. The first-order chi connectivity index (χ1) is 11.5. The van der Waals surface area contributed by atoms with Gasteiger partial charge in [0.2, 0.25) is 11.8 Å². The van der Waals surface area contributed by atoms with Crippen LogP contribution in [0, 0.1) is 6.92 Å². The molecule has 0 radical (unpaired) electrons. The first-order valence-electron chi connectivity index (χ1n) is 8.17. The van der Waals surface area contributed by atoms with Crippen molar-refractivity contribution < 1.29 is 9.59 Å². The predicted octanol–water partition coefficient (Wildman–Crippen LogP) is 3.40. The van der Waals surface area contributed by atoms with Gasteiger partial charge in [-0.05, 0) is 31.5 Å². The van der Waals surface area contributed by atoms with Gasteiger partial charge in [0.05, 0.1) is 0 Å². The van der Waals surface area contributed by atoms with Gasteiger partial charge in [0.25, 0.3) is 0 Å². The predicted molar refractivity (Wildman–Crippen MR) is 96.7 cm³/mol. The molecule has 0 heterocycles. The van der Waals surface area contributed by atoms with Gasteiger partial charge in [-0.2, -0.15) is 0 Å². The second-order valence-electron chi connectivity index (χ2n) is 5.83. The number of amides is 2. The Morgan fingerprint density at radius 3 is 2.12 bits per heavy atom. The van der Waals surface area contributed by atoms with E-state index in [1.165, 1.54) is 11.8 Å². The lowest BCUT2D eigenvalue weighted by atomic mass is 10.2. The van der Waals surface area contributed by atoms with Crippen LogP contribution in [-0.4, -0.2) is 29.8 Å². The molecule has 2 aromatic rings. The molecule has 4 nitrogen and oxygen atoms in total. The van der Waals surface area contributed by atoms with Gasteiger partial charge in [0.1, 0.15) is 6.54 Å². The minimum atomic E-state index is -0.136. The van der Waals surface area contributed by atoms with Crippen molar-refractivity contribution in [2.24, 2.45) is 0 Å². The minimum Gasteiger partial charge on any atom is -0.337 e. The highest BCUT2D eigenvalue weighted by molar-refractivity contribution is 5.97. The van der Waals surface area contributed by atoms with Gasteiger partial charge in [-0.3, -0.25) is 9.59 Å². The van der Waals surface area contributed by atoms with Crippen LogP contribution in [0.25, 0.3) is 0 Å². The van der Waals surface area contributed by atoms with Crippen LogP contribution in [0.4, 0.5) is 5.69 Å². The summed E-state index contributed by atoms with van der Waals surface area (Å²) in [7, 11) is 0. The number of anilines is 1. The zero-order chi connectivity index (χ0) is 17.5. The van der Waals surface area contributed by atoms with E-state index in [0.717, 1.165) is 16.8 Å². The van der Waals surface area contributed by atoms with Gasteiger partial charge in [0, 0.05) is 25.7 Å². The summed E-state index contributed by atoms with van der Waals surface area (Å²) in [6, 6.07) is 17.5. The van der Waals surface area contributed by atoms with Crippen LogP contribution in [-0.2, 0) is 16.1 Å². The van der Waals surface area contributed by atoms with Crippen molar-refractivity contribution in [1.29, 1.82) is 0 Å². The molecular formula is C20H24N2O2. The first kappa shape index (κ1) is 17.7. The summed E-state index contributed by atoms with van der Waals surface area (Å²) in [6.07, 6.45) is 0. The quantitative estimate of drug-likeness (QED) is 0.817. The van der Waals surface area contributed by atoms with Crippen LogP contribution in [0.5, 0.6) is 0 Å².